The number of carbonyl (C=O) groups is 3. The normalized spacial score (nSPS) is 46.6. The number of ether oxygens (including phenoxy) is 9. The van der Waals surface area contributed by atoms with Crippen molar-refractivity contribution >= 4 is 17.8 Å². The van der Waals surface area contributed by atoms with Crippen LogP contribution in [0.15, 0.2) is 0 Å². The molecule has 19 N–H and O–H groups in total. The molecule has 0 spiro atoms. The number of carbonyl (C=O) groups excluding carboxylic acids is 2. The Morgan fingerprint density at radius 2 is 1.10 bits per heavy atom. The van der Waals surface area contributed by atoms with Crippen LogP contribution in [0.4, 0.5) is 0 Å². The number of rotatable bonds is 18. The van der Waals surface area contributed by atoms with Gasteiger partial charge in [0.25, 0.3) is 5.79 Å². The van der Waals surface area contributed by atoms with Crippen molar-refractivity contribution < 1.29 is 144 Å². The first-order chi connectivity index (χ1) is 31.9. The Morgan fingerprint density at radius 1 is 0.588 bits per heavy atom. The molecule has 0 saturated carbocycles. The maximum Gasteiger partial charge on any atom is 0.364 e. The van der Waals surface area contributed by atoms with E-state index in [9.17, 15) is 101 Å². The number of hydrogen-bond donors (Lipinski definition) is 19. The second-order valence-corrected chi connectivity index (χ2v) is 16.9. The highest BCUT2D eigenvalue weighted by molar-refractivity contribution is 5.76. The van der Waals surface area contributed by atoms with E-state index < -0.39 is 216 Å². The topological polar surface area (TPSA) is 502 Å². The molecule has 394 valence electrons. The molecule has 2 amide bonds. The highest BCUT2D eigenvalue weighted by Crippen LogP contribution is 2.37. The van der Waals surface area contributed by atoms with Gasteiger partial charge in [0.05, 0.1) is 45.2 Å². The lowest BCUT2D eigenvalue weighted by Crippen LogP contribution is -2.70. The lowest BCUT2D eigenvalue weighted by molar-refractivity contribution is -0.381. The minimum atomic E-state index is -2.96. The van der Waals surface area contributed by atoms with E-state index in [1.807, 2.05) is 0 Å². The van der Waals surface area contributed by atoms with Crippen LogP contribution in [-0.4, -0.2) is 297 Å². The van der Waals surface area contributed by atoms with Crippen LogP contribution in [0, 0.1) is 0 Å². The van der Waals surface area contributed by atoms with E-state index in [2.05, 4.69) is 10.6 Å². The maximum atomic E-state index is 12.7. The predicted molar refractivity (Wildman–Crippen MR) is 207 cm³/mol. The molecule has 5 rings (SSSR count). The van der Waals surface area contributed by atoms with Gasteiger partial charge in [0.15, 0.2) is 25.2 Å². The second-order valence-electron chi connectivity index (χ2n) is 16.9. The Labute approximate surface area is 384 Å². The van der Waals surface area contributed by atoms with E-state index in [1.165, 1.54) is 0 Å². The van der Waals surface area contributed by atoms with Gasteiger partial charge in [-0.25, -0.2) is 4.79 Å². The van der Waals surface area contributed by atoms with Crippen molar-refractivity contribution in [3.63, 3.8) is 0 Å². The highest BCUT2D eigenvalue weighted by Gasteiger charge is 2.59. The van der Waals surface area contributed by atoms with Gasteiger partial charge >= 0.3 is 5.97 Å². The molecule has 0 aromatic heterocycles. The smallest absolute Gasteiger partial charge is 0.364 e. The Bertz CT molecular complexity index is 1660. The Morgan fingerprint density at radius 3 is 1.66 bits per heavy atom. The monoisotopic (exact) mass is 998 g/mol. The first-order valence-electron chi connectivity index (χ1n) is 21.2. The van der Waals surface area contributed by atoms with Crippen LogP contribution in [-0.2, 0) is 57.0 Å². The molecule has 68 heavy (non-hydrogen) atoms. The minimum absolute atomic E-state index is 0.776. The van der Waals surface area contributed by atoms with Crippen molar-refractivity contribution in [1.82, 2.24) is 10.6 Å². The van der Waals surface area contributed by atoms with E-state index in [1.54, 1.807) is 0 Å². The van der Waals surface area contributed by atoms with E-state index >= 15 is 0 Å². The van der Waals surface area contributed by atoms with Gasteiger partial charge in [0.1, 0.15) is 116 Å². The molecule has 5 fully saturated rings. The predicted octanol–water partition coefficient (Wildman–Crippen LogP) is -12.4. The molecule has 0 radical (unpaired) electrons. The number of aliphatic hydroxyl groups excluding tert-OH is 16. The van der Waals surface area contributed by atoms with E-state index in [0.717, 1.165) is 13.8 Å². The van der Waals surface area contributed by atoms with Gasteiger partial charge in [0, 0.05) is 20.3 Å². The molecule has 5 saturated heterocycles. The summed E-state index contributed by atoms with van der Waals surface area (Å²) in [4.78, 5) is 37.1. The molecule has 5 heterocycles. The molecule has 31 nitrogen and oxygen atoms in total. The highest BCUT2D eigenvalue weighted by atomic mass is 16.8. The first-order valence-corrected chi connectivity index (χ1v) is 21.2. The molecule has 0 bridgehead atoms. The fourth-order valence-electron chi connectivity index (χ4n) is 8.43. The summed E-state index contributed by atoms with van der Waals surface area (Å²) in [5.41, 5.74) is 0. The van der Waals surface area contributed by atoms with Gasteiger partial charge in [-0.1, -0.05) is 0 Å². The summed E-state index contributed by atoms with van der Waals surface area (Å²) in [5.74, 6) is -6.55. The number of carboxylic acids is 1. The van der Waals surface area contributed by atoms with Gasteiger partial charge in [-0.2, -0.15) is 0 Å². The van der Waals surface area contributed by atoms with Gasteiger partial charge < -0.3 is 140 Å². The van der Waals surface area contributed by atoms with Gasteiger partial charge in [-0.15, -0.1) is 0 Å². The number of aliphatic carboxylic acids is 1. The van der Waals surface area contributed by atoms with Crippen molar-refractivity contribution in [2.24, 2.45) is 0 Å². The Balaban J connectivity index is 1.35. The average Bonchev–Trinajstić information content (AvgIpc) is 3.29. The fraction of sp³-hybridized carbons (Fsp3) is 0.919. The quantitative estimate of drug-likeness (QED) is 0.0606. The van der Waals surface area contributed by atoms with Crippen LogP contribution in [0.3, 0.4) is 0 Å². The summed E-state index contributed by atoms with van der Waals surface area (Å²) < 4.78 is 50.3. The standard InChI is InChI=1S/C37H62N2O29/c1-9(44)38-17-11(46)3-37(36(58)59,68-30(17)19(48)12(47)4-40)60-8-16-20(49)23(52)26(55)34(64-16)65-28-15(7-43)63-33(18(22(28)51)39-10(2)45)67-31-21(50)13(5-41)62-35(27(31)56)66-29-14(6-42)61-32(57)25(54)24(29)53/h11-35,40-43,46-57H,3-8H2,1-2H3,(H,38,44)(H,39,45)(H,58,59)/t11-,12+,13+,14+,15+,16+,17+,18+,19+,20-,21-,22+,23-,24+,25+,26+,27+,28+,29+,30+,31-,32+,33-,34-,35-,37-/m0/s1. The molecule has 5 aliphatic rings. The second kappa shape index (κ2) is 23.8. The zero-order valence-electron chi connectivity index (χ0n) is 36.2. The van der Waals surface area contributed by atoms with Crippen LogP contribution < -0.4 is 10.6 Å². The van der Waals surface area contributed by atoms with Crippen molar-refractivity contribution in [1.29, 1.82) is 0 Å². The zero-order chi connectivity index (χ0) is 50.7. The van der Waals surface area contributed by atoms with Crippen LogP contribution >= 0.6 is 0 Å². The molecule has 0 unspecified atom stereocenters. The van der Waals surface area contributed by atoms with Gasteiger partial charge in [-0.05, 0) is 0 Å². The maximum absolute atomic E-state index is 12.7. The lowest BCUT2D eigenvalue weighted by Gasteiger charge is -2.50. The van der Waals surface area contributed by atoms with Crippen LogP contribution in [0.1, 0.15) is 20.3 Å². The van der Waals surface area contributed by atoms with E-state index in [4.69, 9.17) is 42.6 Å². The molecule has 0 aromatic rings. The number of hydrogen-bond acceptors (Lipinski definition) is 28. The number of amides is 2. The third-order valence-electron chi connectivity index (χ3n) is 12.1. The van der Waals surface area contributed by atoms with Crippen LogP contribution in [0.5, 0.6) is 0 Å². The van der Waals surface area contributed by atoms with Gasteiger partial charge in [-0.3, -0.25) is 9.59 Å². The summed E-state index contributed by atoms with van der Waals surface area (Å²) in [6.07, 6.45) is -46.1. The van der Waals surface area contributed by atoms with E-state index in [0.29, 0.717) is 0 Å². The van der Waals surface area contributed by atoms with Crippen LogP contribution in [0.2, 0.25) is 0 Å². The van der Waals surface area contributed by atoms with Crippen LogP contribution in [0.25, 0.3) is 0 Å². The Hall–Kier alpha value is -2.59. The summed E-state index contributed by atoms with van der Waals surface area (Å²) in [5, 5.41) is 184. The molecular formula is C37H62N2O29. The number of nitrogens with one attached hydrogen (secondary N) is 2. The summed E-state index contributed by atoms with van der Waals surface area (Å²) in [6, 6.07) is -3.37. The zero-order valence-corrected chi connectivity index (χ0v) is 36.2. The molecule has 0 aliphatic carbocycles. The minimum Gasteiger partial charge on any atom is -0.477 e. The largest absolute Gasteiger partial charge is 0.477 e. The molecular weight excluding hydrogens is 936 g/mol. The Kier molecular flexibility index (Phi) is 19.7. The molecule has 0 aromatic carbocycles. The molecule has 26 atom stereocenters. The van der Waals surface area contributed by atoms with Crippen molar-refractivity contribution in [2.45, 2.75) is 179 Å². The molecule has 31 heteroatoms. The fourth-order valence-corrected chi connectivity index (χ4v) is 8.43. The summed E-state index contributed by atoms with van der Waals surface area (Å²) in [7, 11) is 0. The van der Waals surface area contributed by atoms with Gasteiger partial charge in [0.2, 0.25) is 11.8 Å². The first kappa shape index (κ1) is 56.3. The lowest BCUT2D eigenvalue weighted by atomic mass is 9.88. The van der Waals surface area contributed by atoms with Crippen molar-refractivity contribution in [3.8, 4) is 0 Å². The SMILES string of the molecule is CC(=O)N[C@H]1[C@H](O[C@H]2[C@@H](O)[C@@H](CO)O[C@@H](O[C@H]3[C@H](O)[C@@H](O)[C@H](O)O[C@@H]3CO)[C@@H]2O)O[C@H](CO)[C@@H](O[C@@H]2O[C@H](CO[C@@]3(C(=O)O)C[C@H](O)[C@@H](NC(C)=O)[C@H]([C@H](O)[C@H](O)CO)O3)[C@H](O)[C@H](O)[C@H]2O)[C@@H]1O. The number of aliphatic hydroxyl groups is 16. The summed E-state index contributed by atoms with van der Waals surface area (Å²) >= 11 is 0. The van der Waals surface area contributed by atoms with Crippen molar-refractivity contribution in [3.05, 3.63) is 0 Å². The third-order valence-corrected chi connectivity index (χ3v) is 12.1. The average molecular weight is 999 g/mol. The number of carboxylic acid groups (broad SMARTS) is 1. The summed E-state index contributed by atoms with van der Waals surface area (Å²) in [6.45, 7) is -3.11. The molecule has 5 aliphatic heterocycles. The van der Waals surface area contributed by atoms with E-state index in [-0.39, 0.29) is 0 Å². The van der Waals surface area contributed by atoms with Crippen molar-refractivity contribution in [2.75, 3.05) is 33.0 Å². The third kappa shape index (κ3) is 12.0.